The van der Waals surface area contributed by atoms with Crippen molar-refractivity contribution in [3.8, 4) is 11.5 Å². The molecule has 1 aliphatic rings. The number of amides is 1. The zero-order valence-electron chi connectivity index (χ0n) is 16.1. The minimum absolute atomic E-state index is 0.0272. The largest absolute Gasteiger partial charge is 0.497 e. The molecule has 0 N–H and O–H groups in total. The molecule has 1 amide bonds. The Balaban J connectivity index is 1.91. The number of aliphatic imine (C=N–C) groups is 1. The summed E-state index contributed by atoms with van der Waals surface area (Å²) < 4.78 is 34.3. The zero-order valence-corrected chi connectivity index (χ0v) is 17.0. The van der Waals surface area contributed by atoms with Gasteiger partial charge in [-0.2, -0.15) is 8.78 Å². The van der Waals surface area contributed by atoms with Crippen LogP contribution in [-0.4, -0.2) is 30.0 Å². The molecule has 0 fully saturated rings. The maximum Gasteiger partial charge on any atom is 0.387 e. The third kappa shape index (κ3) is 5.14. The van der Waals surface area contributed by atoms with Crippen molar-refractivity contribution in [3.63, 3.8) is 0 Å². The van der Waals surface area contributed by atoms with E-state index in [0.29, 0.717) is 16.6 Å². The molecule has 0 aromatic heterocycles. The first-order valence-corrected chi connectivity index (χ1v) is 9.76. The number of rotatable bonds is 6. The number of nitrogens with zero attached hydrogens (tertiary/aromatic N) is 2. The molecule has 2 aromatic rings. The van der Waals surface area contributed by atoms with Crippen molar-refractivity contribution in [1.29, 1.82) is 0 Å². The number of methoxy groups -OCH3 is 1. The molecule has 152 valence electrons. The highest BCUT2D eigenvalue weighted by molar-refractivity contribution is 8.14. The average molecular weight is 418 g/mol. The van der Waals surface area contributed by atoms with Gasteiger partial charge in [-0.3, -0.25) is 9.69 Å². The second-order valence-corrected chi connectivity index (χ2v) is 7.92. The zero-order chi connectivity index (χ0) is 21.0. The number of thioether (sulfide) groups is 1. The summed E-state index contributed by atoms with van der Waals surface area (Å²) in [5, 5.41) is 0.734. The Kier molecular flexibility index (Phi) is 6.53. The molecule has 0 saturated heterocycles. The molecule has 3 rings (SSSR count). The standard InChI is InChI=1S/C21H20F2N2O3S/c1-13(2)29-21-24-18(12-14-4-8-16(27-3)9-5-14)19(26)25(21)15-6-10-17(11-7-15)28-20(22)23/h4-13,20H,1-3H3/b18-12-. The second-order valence-electron chi connectivity index (χ2n) is 6.38. The Bertz CT molecular complexity index is 926. The number of carbonyl (C=O) groups excluding carboxylic acids is 1. The van der Waals surface area contributed by atoms with Gasteiger partial charge in [-0.15, -0.1) is 0 Å². The fraction of sp³-hybridized carbons (Fsp3) is 0.238. The van der Waals surface area contributed by atoms with E-state index in [4.69, 9.17) is 4.74 Å². The van der Waals surface area contributed by atoms with Crippen molar-refractivity contribution >= 4 is 34.6 Å². The van der Waals surface area contributed by atoms with Gasteiger partial charge in [-0.1, -0.05) is 37.7 Å². The molecule has 1 aliphatic heterocycles. The number of anilines is 1. The number of halogens is 2. The van der Waals surface area contributed by atoms with E-state index >= 15 is 0 Å². The first-order chi connectivity index (χ1) is 13.9. The number of alkyl halides is 2. The van der Waals surface area contributed by atoms with E-state index in [0.717, 1.165) is 11.3 Å². The van der Waals surface area contributed by atoms with Gasteiger partial charge >= 0.3 is 6.61 Å². The fourth-order valence-corrected chi connectivity index (χ4v) is 3.51. The van der Waals surface area contributed by atoms with E-state index in [2.05, 4.69) is 9.73 Å². The topological polar surface area (TPSA) is 51.1 Å². The molecule has 2 aromatic carbocycles. The van der Waals surface area contributed by atoms with Crippen LogP contribution in [0.1, 0.15) is 19.4 Å². The lowest BCUT2D eigenvalue weighted by Gasteiger charge is -2.19. The van der Waals surface area contributed by atoms with E-state index in [-0.39, 0.29) is 16.9 Å². The van der Waals surface area contributed by atoms with Gasteiger partial charge in [-0.25, -0.2) is 4.99 Å². The smallest absolute Gasteiger partial charge is 0.387 e. The number of amidine groups is 1. The third-order valence-corrected chi connectivity index (χ3v) is 4.87. The number of carbonyl (C=O) groups is 1. The summed E-state index contributed by atoms with van der Waals surface area (Å²) in [6, 6.07) is 13.2. The molecule has 5 nitrogen and oxygen atoms in total. The van der Waals surface area contributed by atoms with Gasteiger partial charge < -0.3 is 9.47 Å². The number of benzene rings is 2. The molecule has 0 spiro atoms. The Labute approximate surface area is 172 Å². The molecular formula is C21H20F2N2O3S. The van der Waals surface area contributed by atoms with Gasteiger partial charge in [0.2, 0.25) is 0 Å². The second kappa shape index (κ2) is 9.09. The molecule has 0 saturated carbocycles. The molecule has 1 heterocycles. The summed E-state index contributed by atoms with van der Waals surface area (Å²) in [5.74, 6) is 0.461. The van der Waals surface area contributed by atoms with Crippen LogP contribution in [0, 0.1) is 0 Å². The maximum absolute atomic E-state index is 13.0. The van der Waals surface area contributed by atoms with Crippen LogP contribution in [0.3, 0.4) is 0 Å². The van der Waals surface area contributed by atoms with Crippen LogP contribution in [0.2, 0.25) is 0 Å². The SMILES string of the molecule is COc1ccc(/C=C2\N=C(SC(C)C)N(c3ccc(OC(F)F)cc3)C2=O)cc1. The van der Waals surface area contributed by atoms with E-state index < -0.39 is 6.61 Å². The Morgan fingerprint density at radius 2 is 1.66 bits per heavy atom. The quantitative estimate of drug-likeness (QED) is 0.607. The molecule has 29 heavy (non-hydrogen) atoms. The number of hydrogen-bond donors (Lipinski definition) is 0. The summed E-state index contributed by atoms with van der Waals surface area (Å²) in [6.45, 7) is 1.10. The molecular weight excluding hydrogens is 398 g/mol. The van der Waals surface area contributed by atoms with Crippen molar-refractivity contribution in [2.45, 2.75) is 25.7 Å². The van der Waals surface area contributed by atoms with Gasteiger partial charge in [0, 0.05) is 5.25 Å². The van der Waals surface area contributed by atoms with E-state index in [9.17, 15) is 13.6 Å². The van der Waals surface area contributed by atoms with Crippen molar-refractivity contribution in [3.05, 3.63) is 59.8 Å². The first-order valence-electron chi connectivity index (χ1n) is 8.88. The van der Waals surface area contributed by atoms with Gasteiger partial charge in [0.15, 0.2) is 5.17 Å². The van der Waals surface area contributed by atoms with Crippen LogP contribution in [0.5, 0.6) is 11.5 Å². The highest BCUT2D eigenvalue weighted by Crippen LogP contribution is 2.32. The van der Waals surface area contributed by atoms with Gasteiger partial charge in [0.25, 0.3) is 5.91 Å². The lowest BCUT2D eigenvalue weighted by Crippen LogP contribution is -2.30. The highest BCUT2D eigenvalue weighted by Gasteiger charge is 2.32. The third-order valence-electron chi connectivity index (χ3n) is 3.91. The van der Waals surface area contributed by atoms with E-state index in [1.807, 2.05) is 26.0 Å². The fourth-order valence-electron chi connectivity index (χ4n) is 2.65. The van der Waals surface area contributed by atoms with Crippen molar-refractivity contribution in [2.75, 3.05) is 12.0 Å². The normalized spacial score (nSPS) is 15.4. The van der Waals surface area contributed by atoms with E-state index in [1.54, 1.807) is 37.5 Å². The summed E-state index contributed by atoms with van der Waals surface area (Å²) >= 11 is 1.45. The van der Waals surface area contributed by atoms with Crippen LogP contribution >= 0.6 is 11.8 Å². The molecule has 0 bridgehead atoms. The summed E-state index contributed by atoms with van der Waals surface area (Å²) in [5.41, 5.74) is 1.64. The average Bonchev–Trinajstić information content (AvgIpc) is 2.97. The summed E-state index contributed by atoms with van der Waals surface area (Å²) in [6.07, 6.45) is 1.71. The van der Waals surface area contributed by atoms with Gasteiger partial charge in [-0.05, 0) is 48.0 Å². The maximum atomic E-state index is 13.0. The van der Waals surface area contributed by atoms with Crippen molar-refractivity contribution < 1.29 is 23.0 Å². The Morgan fingerprint density at radius 1 is 1.03 bits per heavy atom. The van der Waals surface area contributed by atoms with Crippen LogP contribution in [0.15, 0.2) is 59.2 Å². The van der Waals surface area contributed by atoms with E-state index in [1.165, 1.54) is 28.8 Å². The molecule has 0 aliphatic carbocycles. The molecule has 0 radical (unpaired) electrons. The minimum atomic E-state index is -2.90. The van der Waals surface area contributed by atoms with Crippen molar-refractivity contribution in [1.82, 2.24) is 0 Å². The monoisotopic (exact) mass is 418 g/mol. The minimum Gasteiger partial charge on any atom is -0.497 e. The van der Waals surface area contributed by atoms with Gasteiger partial charge in [0.05, 0.1) is 12.8 Å². The van der Waals surface area contributed by atoms with Crippen LogP contribution < -0.4 is 14.4 Å². The first kappa shape index (κ1) is 20.9. The molecule has 8 heteroatoms. The highest BCUT2D eigenvalue weighted by atomic mass is 32.2. The number of ether oxygens (including phenoxy) is 2. The Morgan fingerprint density at radius 3 is 2.21 bits per heavy atom. The molecule has 0 unspecified atom stereocenters. The lowest BCUT2D eigenvalue weighted by molar-refractivity contribution is -0.113. The predicted molar refractivity (Wildman–Crippen MR) is 112 cm³/mol. The number of hydrogen-bond acceptors (Lipinski definition) is 5. The Hall–Kier alpha value is -2.87. The van der Waals surface area contributed by atoms with Crippen LogP contribution in [0.4, 0.5) is 14.5 Å². The summed E-state index contributed by atoms with van der Waals surface area (Å²) in [7, 11) is 1.59. The van der Waals surface area contributed by atoms with Crippen LogP contribution in [0.25, 0.3) is 6.08 Å². The van der Waals surface area contributed by atoms with Gasteiger partial charge in [0.1, 0.15) is 17.2 Å². The van der Waals surface area contributed by atoms with Crippen molar-refractivity contribution in [2.24, 2.45) is 4.99 Å². The predicted octanol–water partition coefficient (Wildman–Crippen LogP) is 5.18. The summed E-state index contributed by atoms with van der Waals surface area (Å²) in [4.78, 5) is 19.0. The lowest BCUT2D eigenvalue weighted by atomic mass is 10.2. The van der Waals surface area contributed by atoms with Crippen LogP contribution in [-0.2, 0) is 4.79 Å². The molecule has 0 atom stereocenters.